The SMILES string of the molecule is CO/N=C1/CCCCN1c1ccc(NC(=O)C(OC(=O)Nc2ccc(Cl)cc2)c2ccccc2Cl)cc1C. The lowest BCUT2D eigenvalue weighted by Crippen LogP contribution is -2.36. The van der Waals surface area contributed by atoms with E-state index in [-0.39, 0.29) is 0 Å². The summed E-state index contributed by atoms with van der Waals surface area (Å²) in [4.78, 5) is 33.2. The van der Waals surface area contributed by atoms with Gasteiger partial charge in [-0.2, -0.15) is 0 Å². The zero-order chi connectivity index (χ0) is 27.1. The van der Waals surface area contributed by atoms with Crippen molar-refractivity contribution >= 4 is 58.1 Å². The molecule has 0 bridgehead atoms. The Morgan fingerprint density at radius 1 is 0.974 bits per heavy atom. The van der Waals surface area contributed by atoms with Crippen LogP contribution in [0.15, 0.2) is 71.9 Å². The third-order valence-electron chi connectivity index (χ3n) is 6.04. The minimum absolute atomic E-state index is 0.300. The summed E-state index contributed by atoms with van der Waals surface area (Å²) < 4.78 is 5.56. The summed E-state index contributed by atoms with van der Waals surface area (Å²) >= 11 is 12.3. The normalized spacial score (nSPS) is 15.1. The van der Waals surface area contributed by atoms with E-state index in [9.17, 15) is 9.59 Å². The van der Waals surface area contributed by atoms with Crippen LogP contribution in [-0.2, 0) is 14.4 Å². The quantitative estimate of drug-likeness (QED) is 0.302. The first-order valence-electron chi connectivity index (χ1n) is 12.1. The first-order valence-corrected chi connectivity index (χ1v) is 12.9. The van der Waals surface area contributed by atoms with E-state index in [1.807, 2.05) is 19.1 Å². The number of anilines is 3. The van der Waals surface area contributed by atoms with Crippen LogP contribution in [0, 0.1) is 6.92 Å². The molecule has 10 heteroatoms. The van der Waals surface area contributed by atoms with Crippen LogP contribution in [0.25, 0.3) is 0 Å². The lowest BCUT2D eigenvalue weighted by molar-refractivity contribution is -0.124. The lowest BCUT2D eigenvalue weighted by atomic mass is 10.1. The van der Waals surface area contributed by atoms with Gasteiger partial charge in [-0.1, -0.05) is 46.6 Å². The second-order valence-corrected chi connectivity index (χ2v) is 9.57. The van der Waals surface area contributed by atoms with E-state index in [0.29, 0.717) is 27.0 Å². The highest BCUT2D eigenvalue weighted by Crippen LogP contribution is 2.30. The molecule has 3 aromatic carbocycles. The fourth-order valence-electron chi connectivity index (χ4n) is 4.25. The van der Waals surface area contributed by atoms with E-state index in [2.05, 4.69) is 20.7 Å². The molecule has 0 aliphatic carbocycles. The van der Waals surface area contributed by atoms with Crippen LogP contribution in [0.3, 0.4) is 0 Å². The van der Waals surface area contributed by atoms with Crippen LogP contribution < -0.4 is 15.5 Å². The van der Waals surface area contributed by atoms with Gasteiger partial charge >= 0.3 is 6.09 Å². The van der Waals surface area contributed by atoms with Gasteiger partial charge in [0.25, 0.3) is 5.91 Å². The maximum atomic E-state index is 13.4. The van der Waals surface area contributed by atoms with Crippen molar-refractivity contribution in [1.29, 1.82) is 0 Å². The number of hydrogen-bond acceptors (Lipinski definition) is 5. The average Bonchev–Trinajstić information content (AvgIpc) is 2.90. The van der Waals surface area contributed by atoms with Crippen LogP contribution >= 0.6 is 23.2 Å². The molecule has 2 amide bonds. The van der Waals surface area contributed by atoms with Gasteiger partial charge in [-0.25, -0.2) is 4.79 Å². The number of ether oxygens (including phenoxy) is 1. The number of nitrogens with one attached hydrogen (secondary N) is 2. The van der Waals surface area contributed by atoms with Crippen molar-refractivity contribution in [2.45, 2.75) is 32.3 Å². The zero-order valence-corrected chi connectivity index (χ0v) is 22.6. The van der Waals surface area contributed by atoms with Gasteiger partial charge in [0.1, 0.15) is 12.9 Å². The zero-order valence-electron chi connectivity index (χ0n) is 21.0. The first-order chi connectivity index (χ1) is 18.4. The fraction of sp³-hybridized carbons (Fsp3) is 0.250. The van der Waals surface area contributed by atoms with E-state index >= 15 is 0 Å². The highest BCUT2D eigenvalue weighted by molar-refractivity contribution is 6.31. The van der Waals surface area contributed by atoms with Gasteiger partial charge < -0.3 is 19.8 Å². The van der Waals surface area contributed by atoms with Crippen LogP contribution in [0.2, 0.25) is 10.0 Å². The van der Waals surface area contributed by atoms with Gasteiger partial charge in [-0.3, -0.25) is 10.1 Å². The number of rotatable bonds is 7. The van der Waals surface area contributed by atoms with Crippen molar-refractivity contribution in [3.63, 3.8) is 0 Å². The average molecular weight is 555 g/mol. The molecule has 2 N–H and O–H groups in total. The maximum absolute atomic E-state index is 13.4. The van der Waals surface area contributed by atoms with Crippen molar-refractivity contribution in [3.05, 3.63) is 87.9 Å². The number of aryl methyl sites for hydroxylation is 1. The molecular formula is C28H28Cl2N4O4. The number of amidine groups is 1. The molecular weight excluding hydrogens is 527 g/mol. The summed E-state index contributed by atoms with van der Waals surface area (Å²) in [6.07, 6.45) is 0.838. The van der Waals surface area contributed by atoms with Crippen molar-refractivity contribution in [1.82, 2.24) is 0 Å². The predicted molar refractivity (Wildman–Crippen MR) is 151 cm³/mol. The minimum Gasteiger partial charge on any atom is -0.431 e. The third-order valence-corrected chi connectivity index (χ3v) is 6.63. The number of oxime groups is 1. The smallest absolute Gasteiger partial charge is 0.412 e. The molecule has 3 aromatic rings. The molecule has 0 radical (unpaired) electrons. The second kappa shape index (κ2) is 12.7. The Morgan fingerprint density at radius 2 is 1.71 bits per heavy atom. The molecule has 1 saturated heterocycles. The Balaban J connectivity index is 1.53. The topological polar surface area (TPSA) is 92.3 Å². The monoisotopic (exact) mass is 554 g/mol. The lowest BCUT2D eigenvalue weighted by Gasteiger charge is -2.31. The summed E-state index contributed by atoms with van der Waals surface area (Å²) in [6, 6.07) is 18.9. The summed E-state index contributed by atoms with van der Waals surface area (Å²) in [6.45, 7) is 2.80. The number of amides is 2. The van der Waals surface area contributed by atoms with Crippen molar-refractivity contribution in [2.75, 3.05) is 29.2 Å². The predicted octanol–water partition coefficient (Wildman–Crippen LogP) is 7.18. The molecule has 1 unspecified atom stereocenters. The van der Waals surface area contributed by atoms with E-state index in [0.717, 1.165) is 42.9 Å². The van der Waals surface area contributed by atoms with E-state index in [1.54, 1.807) is 61.7 Å². The van der Waals surface area contributed by atoms with Gasteiger partial charge in [0.05, 0.1) is 0 Å². The first kappa shape index (κ1) is 27.3. The maximum Gasteiger partial charge on any atom is 0.412 e. The Labute approximate surface area is 231 Å². The number of carbonyl (C=O) groups excluding carboxylic acids is 2. The van der Waals surface area contributed by atoms with Gasteiger partial charge in [-0.15, -0.1) is 0 Å². The molecule has 38 heavy (non-hydrogen) atoms. The molecule has 0 saturated carbocycles. The number of carbonyl (C=O) groups is 2. The fourth-order valence-corrected chi connectivity index (χ4v) is 4.62. The van der Waals surface area contributed by atoms with E-state index in [4.69, 9.17) is 32.8 Å². The highest BCUT2D eigenvalue weighted by atomic mass is 35.5. The summed E-state index contributed by atoms with van der Waals surface area (Å²) in [5, 5.41) is 10.5. The van der Waals surface area contributed by atoms with Crippen LogP contribution in [0.1, 0.15) is 36.5 Å². The molecule has 198 valence electrons. The largest absolute Gasteiger partial charge is 0.431 e. The van der Waals surface area contributed by atoms with Crippen LogP contribution in [0.5, 0.6) is 0 Å². The summed E-state index contributed by atoms with van der Waals surface area (Å²) in [5.41, 5.74) is 3.32. The Bertz CT molecular complexity index is 1330. The molecule has 1 aliphatic rings. The summed E-state index contributed by atoms with van der Waals surface area (Å²) in [5.74, 6) is 0.327. The van der Waals surface area contributed by atoms with Crippen molar-refractivity contribution in [2.24, 2.45) is 5.16 Å². The minimum atomic E-state index is -1.29. The highest BCUT2D eigenvalue weighted by Gasteiger charge is 2.28. The molecule has 1 fully saturated rings. The van der Waals surface area contributed by atoms with Crippen LogP contribution in [-0.4, -0.2) is 31.5 Å². The van der Waals surface area contributed by atoms with E-state index in [1.165, 1.54) is 0 Å². The van der Waals surface area contributed by atoms with Gasteiger partial charge in [0.2, 0.25) is 6.10 Å². The van der Waals surface area contributed by atoms with E-state index < -0.39 is 18.1 Å². The number of benzene rings is 3. The Morgan fingerprint density at radius 3 is 2.42 bits per heavy atom. The third kappa shape index (κ3) is 6.76. The second-order valence-electron chi connectivity index (χ2n) is 8.73. The molecule has 1 heterocycles. The molecule has 1 atom stereocenters. The molecule has 1 aliphatic heterocycles. The Kier molecular flexibility index (Phi) is 9.10. The number of piperidine rings is 1. The van der Waals surface area contributed by atoms with Crippen molar-refractivity contribution in [3.8, 4) is 0 Å². The van der Waals surface area contributed by atoms with Gasteiger partial charge in [-0.05, 0) is 73.9 Å². The molecule has 8 nitrogen and oxygen atoms in total. The van der Waals surface area contributed by atoms with Crippen molar-refractivity contribution < 1.29 is 19.2 Å². The number of halogens is 2. The summed E-state index contributed by atoms with van der Waals surface area (Å²) in [7, 11) is 1.54. The molecule has 4 rings (SSSR count). The standard InChI is InChI=1S/C28H28Cl2N4O4/c1-18-17-21(14-15-24(18)34-16-6-5-9-25(34)33-37-2)31-27(35)26(22-7-3-4-8-23(22)30)38-28(36)32-20-12-10-19(29)11-13-20/h3-4,7-8,10-15,17,26H,5-6,9,16H2,1-2H3,(H,31,35)(H,32,36)/b33-25-. The number of hydrogen-bond donors (Lipinski definition) is 2. The van der Waals surface area contributed by atoms with Gasteiger partial charge in [0, 0.05) is 45.6 Å². The van der Waals surface area contributed by atoms with Crippen LogP contribution in [0.4, 0.5) is 21.9 Å². The number of nitrogens with zero attached hydrogens (tertiary/aromatic N) is 2. The van der Waals surface area contributed by atoms with Gasteiger partial charge in [0.15, 0.2) is 0 Å². The molecule has 0 spiro atoms. The molecule has 0 aromatic heterocycles. The Hall–Kier alpha value is -3.75.